The van der Waals surface area contributed by atoms with Gasteiger partial charge in [-0.1, -0.05) is 29.5 Å². The summed E-state index contributed by atoms with van der Waals surface area (Å²) < 4.78 is 1.07. The standard InChI is InChI=1S/C14H23N3OS2/c1-10-16-17-13(20-10)19-8-6-11-3-2-7-14(11,9-18)15-12-4-5-12/h11-12,15,18H,2-9H2,1H3. The highest BCUT2D eigenvalue weighted by Crippen LogP contribution is 2.41. The highest BCUT2D eigenvalue weighted by molar-refractivity contribution is 8.01. The maximum Gasteiger partial charge on any atom is 0.174 e. The van der Waals surface area contributed by atoms with E-state index in [4.69, 9.17) is 0 Å². The molecule has 3 rings (SSSR count). The van der Waals surface area contributed by atoms with Crippen molar-refractivity contribution in [1.82, 2.24) is 15.5 Å². The normalized spacial score (nSPS) is 30.0. The summed E-state index contributed by atoms with van der Waals surface area (Å²) in [7, 11) is 0. The minimum Gasteiger partial charge on any atom is -0.394 e. The first-order valence-corrected chi connectivity index (χ1v) is 9.33. The Hall–Kier alpha value is -0.170. The Morgan fingerprint density at radius 2 is 2.25 bits per heavy atom. The van der Waals surface area contributed by atoms with Crippen molar-refractivity contribution in [3.63, 3.8) is 0 Å². The van der Waals surface area contributed by atoms with E-state index in [0.717, 1.165) is 27.9 Å². The minimum absolute atomic E-state index is 0.00122. The molecule has 2 fully saturated rings. The molecule has 2 N–H and O–H groups in total. The van der Waals surface area contributed by atoms with Gasteiger partial charge in [-0.25, -0.2) is 0 Å². The van der Waals surface area contributed by atoms with Gasteiger partial charge < -0.3 is 10.4 Å². The second-order valence-electron chi connectivity index (χ2n) is 6.05. The fourth-order valence-electron chi connectivity index (χ4n) is 3.27. The molecule has 0 spiro atoms. The lowest BCUT2D eigenvalue weighted by Crippen LogP contribution is -2.52. The molecule has 112 valence electrons. The number of thioether (sulfide) groups is 1. The summed E-state index contributed by atoms with van der Waals surface area (Å²) in [6, 6.07) is 0.668. The molecule has 1 aromatic heterocycles. The molecule has 0 bridgehead atoms. The lowest BCUT2D eigenvalue weighted by atomic mass is 9.85. The fraction of sp³-hybridized carbons (Fsp3) is 0.857. The van der Waals surface area contributed by atoms with Gasteiger partial charge in [-0.2, -0.15) is 0 Å². The van der Waals surface area contributed by atoms with Crippen LogP contribution >= 0.6 is 23.1 Å². The highest BCUT2D eigenvalue weighted by atomic mass is 32.2. The first-order valence-electron chi connectivity index (χ1n) is 7.53. The zero-order valence-electron chi connectivity index (χ0n) is 12.0. The number of aryl methyl sites for hydroxylation is 1. The Kier molecular flexibility index (Phi) is 4.65. The lowest BCUT2D eigenvalue weighted by molar-refractivity contribution is 0.120. The molecule has 0 aromatic carbocycles. The minimum atomic E-state index is -0.00122. The topological polar surface area (TPSA) is 58.0 Å². The van der Waals surface area contributed by atoms with Gasteiger partial charge in [-0.3, -0.25) is 0 Å². The molecule has 2 saturated carbocycles. The fourth-order valence-corrected chi connectivity index (χ4v) is 5.21. The van der Waals surface area contributed by atoms with Crippen molar-refractivity contribution in [3.05, 3.63) is 5.01 Å². The molecule has 1 aromatic rings. The van der Waals surface area contributed by atoms with Crippen molar-refractivity contribution < 1.29 is 5.11 Å². The predicted molar refractivity (Wildman–Crippen MR) is 83.3 cm³/mol. The number of rotatable bonds is 7. The second-order valence-corrected chi connectivity index (χ2v) is 8.57. The Morgan fingerprint density at radius 1 is 1.40 bits per heavy atom. The summed E-state index contributed by atoms with van der Waals surface area (Å²) in [5.41, 5.74) is -0.00122. The number of nitrogens with zero attached hydrogens (tertiary/aromatic N) is 2. The molecule has 0 aliphatic heterocycles. The molecule has 6 heteroatoms. The van der Waals surface area contributed by atoms with Gasteiger partial charge in [0, 0.05) is 17.3 Å². The van der Waals surface area contributed by atoms with Crippen molar-refractivity contribution in [3.8, 4) is 0 Å². The van der Waals surface area contributed by atoms with Crippen LogP contribution in [0.4, 0.5) is 0 Å². The van der Waals surface area contributed by atoms with E-state index in [1.54, 1.807) is 11.3 Å². The number of aromatic nitrogens is 2. The average molecular weight is 313 g/mol. The van der Waals surface area contributed by atoms with Crippen LogP contribution < -0.4 is 5.32 Å². The van der Waals surface area contributed by atoms with E-state index in [1.807, 2.05) is 18.7 Å². The molecular formula is C14H23N3OS2. The van der Waals surface area contributed by atoms with Crippen molar-refractivity contribution in [2.75, 3.05) is 12.4 Å². The van der Waals surface area contributed by atoms with E-state index >= 15 is 0 Å². The molecule has 0 amide bonds. The Bertz CT molecular complexity index is 449. The molecular weight excluding hydrogens is 290 g/mol. The van der Waals surface area contributed by atoms with Gasteiger partial charge in [-0.05, 0) is 44.9 Å². The molecule has 4 nitrogen and oxygen atoms in total. The van der Waals surface area contributed by atoms with Crippen LogP contribution in [-0.4, -0.2) is 39.2 Å². The zero-order valence-corrected chi connectivity index (χ0v) is 13.6. The molecule has 2 atom stereocenters. The van der Waals surface area contributed by atoms with Crippen molar-refractivity contribution in [2.24, 2.45) is 5.92 Å². The monoisotopic (exact) mass is 313 g/mol. The first kappa shape index (κ1) is 14.8. The van der Waals surface area contributed by atoms with Gasteiger partial charge in [0.25, 0.3) is 0 Å². The van der Waals surface area contributed by atoms with Gasteiger partial charge in [0.15, 0.2) is 4.34 Å². The highest BCUT2D eigenvalue weighted by Gasteiger charge is 2.44. The molecule has 0 saturated heterocycles. The third-order valence-electron chi connectivity index (χ3n) is 4.51. The predicted octanol–water partition coefficient (Wildman–Crippen LogP) is 2.61. The number of nitrogens with one attached hydrogen (secondary N) is 1. The molecule has 2 aliphatic carbocycles. The van der Waals surface area contributed by atoms with Crippen LogP contribution in [-0.2, 0) is 0 Å². The van der Waals surface area contributed by atoms with E-state index in [2.05, 4.69) is 15.5 Å². The summed E-state index contributed by atoms with van der Waals surface area (Å²) in [5.74, 6) is 1.68. The van der Waals surface area contributed by atoms with Crippen LogP contribution in [0.5, 0.6) is 0 Å². The Balaban J connectivity index is 1.52. The first-order chi connectivity index (χ1) is 9.72. The van der Waals surface area contributed by atoms with Gasteiger partial charge in [0.2, 0.25) is 0 Å². The average Bonchev–Trinajstić information content (AvgIpc) is 3.01. The maximum absolute atomic E-state index is 9.89. The largest absolute Gasteiger partial charge is 0.394 e. The summed E-state index contributed by atoms with van der Waals surface area (Å²) in [6.45, 7) is 2.28. The van der Waals surface area contributed by atoms with E-state index in [0.29, 0.717) is 12.0 Å². The zero-order chi connectivity index (χ0) is 14.0. The number of hydrogen-bond donors (Lipinski definition) is 2. The van der Waals surface area contributed by atoms with Crippen LogP contribution in [0, 0.1) is 12.8 Å². The van der Waals surface area contributed by atoms with E-state index in [1.165, 1.54) is 25.7 Å². The van der Waals surface area contributed by atoms with Crippen molar-refractivity contribution in [1.29, 1.82) is 0 Å². The number of aliphatic hydroxyl groups excluding tert-OH is 1. The molecule has 2 aliphatic rings. The summed E-state index contributed by atoms with van der Waals surface area (Å²) in [6.07, 6.45) is 7.35. The van der Waals surface area contributed by atoms with E-state index in [-0.39, 0.29) is 12.1 Å². The number of aliphatic hydroxyl groups is 1. The van der Waals surface area contributed by atoms with Gasteiger partial charge in [-0.15, -0.1) is 10.2 Å². The molecule has 2 unspecified atom stereocenters. The third kappa shape index (κ3) is 3.35. The summed E-state index contributed by atoms with van der Waals surface area (Å²) >= 11 is 3.48. The Morgan fingerprint density at radius 3 is 2.90 bits per heavy atom. The van der Waals surface area contributed by atoms with Gasteiger partial charge >= 0.3 is 0 Å². The van der Waals surface area contributed by atoms with Crippen LogP contribution in [0.1, 0.15) is 43.5 Å². The number of hydrogen-bond acceptors (Lipinski definition) is 6. The lowest BCUT2D eigenvalue weighted by Gasteiger charge is -2.35. The van der Waals surface area contributed by atoms with Crippen LogP contribution in [0.3, 0.4) is 0 Å². The van der Waals surface area contributed by atoms with Gasteiger partial charge in [0.05, 0.1) is 6.61 Å². The van der Waals surface area contributed by atoms with Crippen LogP contribution in [0.25, 0.3) is 0 Å². The maximum atomic E-state index is 9.89. The quantitative estimate of drug-likeness (QED) is 0.758. The van der Waals surface area contributed by atoms with Crippen molar-refractivity contribution >= 4 is 23.1 Å². The van der Waals surface area contributed by atoms with Crippen LogP contribution in [0.15, 0.2) is 4.34 Å². The second kappa shape index (κ2) is 6.30. The van der Waals surface area contributed by atoms with E-state index < -0.39 is 0 Å². The van der Waals surface area contributed by atoms with Crippen molar-refractivity contribution in [2.45, 2.75) is 61.4 Å². The van der Waals surface area contributed by atoms with E-state index in [9.17, 15) is 5.11 Å². The molecule has 1 heterocycles. The summed E-state index contributed by atoms with van der Waals surface area (Å²) in [4.78, 5) is 0. The SMILES string of the molecule is Cc1nnc(SCCC2CCCC2(CO)NC2CC2)s1. The van der Waals surface area contributed by atoms with Gasteiger partial charge in [0.1, 0.15) is 5.01 Å². The van der Waals surface area contributed by atoms with Crippen LogP contribution in [0.2, 0.25) is 0 Å². The smallest absolute Gasteiger partial charge is 0.174 e. The Labute approximate surface area is 128 Å². The summed E-state index contributed by atoms with van der Waals surface area (Å²) in [5, 5.41) is 22.9. The third-order valence-corrected chi connectivity index (χ3v) is 6.51. The molecule has 0 radical (unpaired) electrons. The molecule has 20 heavy (non-hydrogen) atoms.